The van der Waals surface area contributed by atoms with Gasteiger partial charge in [-0.1, -0.05) is 97.5 Å². The highest BCUT2D eigenvalue weighted by Crippen LogP contribution is 2.12. The number of urea groups is 1. The lowest BCUT2D eigenvalue weighted by Gasteiger charge is -2.29. The standard InChI is InChI=1S/C31H57N5O4.C2H6/c1-6-7-8-9-10-11-12-13-14-15-16-17-20-33-31(39)34-28(26-36(3,4)5)24-29(37)40-23-21-32-30(38)27-19-18-22-35(2)25-27;1-2/h18,22,25,28H,6-17,19-21,23-24,26H2,1-5H3,(H2-,32,33,34,38,39);1-2H3/p+1. The minimum Gasteiger partial charge on any atom is -0.464 e. The van der Waals surface area contributed by atoms with Crippen molar-refractivity contribution in [2.24, 2.45) is 0 Å². The van der Waals surface area contributed by atoms with Gasteiger partial charge in [0.05, 0.1) is 46.7 Å². The molecule has 1 aliphatic rings. The summed E-state index contributed by atoms with van der Waals surface area (Å²) < 4.78 is 5.94. The minimum atomic E-state index is -0.395. The molecule has 3 N–H and O–H groups in total. The maximum absolute atomic E-state index is 12.5. The zero-order valence-electron chi connectivity index (χ0n) is 28.1. The van der Waals surface area contributed by atoms with Gasteiger partial charge < -0.3 is 30.1 Å². The third kappa shape index (κ3) is 23.1. The van der Waals surface area contributed by atoms with Gasteiger partial charge in [-0.2, -0.15) is 0 Å². The van der Waals surface area contributed by atoms with Gasteiger partial charge in [0.15, 0.2) is 0 Å². The molecule has 0 spiro atoms. The van der Waals surface area contributed by atoms with E-state index in [-0.39, 0.29) is 37.6 Å². The van der Waals surface area contributed by atoms with E-state index >= 15 is 0 Å². The normalized spacial score (nSPS) is 13.4. The Morgan fingerprint density at radius 2 is 1.45 bits per heavy atom. The number of nitrogens with zero attached hydrogens (tertiary/aromatic N) is 2. The molecule has 0 aromatic carbocycles. The molecule has 3 amide bonds. The van der Waals surface area contributed by atoms with E-state index in [0.29, 0.717) is 29.6 Å². The summed E-state index contributed by atoms with van der Waals surface area (Å²) in [4.78, 5) is 39.0. The first-order valence-electron chi connectivity index (χ1n) is 16.5. The topological polar surface area (TPSA) is 99.8 Å². The molecule has 0 saturated heterocycles. The zero-order valence-corrected chi connectivity index (χ0v) is 28.1. The second-order valence-electron chi connectivity index (χ2n) is 12.0. The Hall–Kier alpha value is -2.55. The Bertz CT molecular complexity index is 792. The monoisotopic (exact) mass is 594 g/mol. The van der Waals surface area contributed by atoms with Crippen molar-refractivity contribution in [2.45, 2.75) is 117 Å². The van der Waals surface area contributed by atoms with Crippen LogP contribution in [0.1, 0.15) is 111 Å². The fraction of sp³-hybridized carbons (Fsp3) is 0.788. The van der Waals surface area contributed by atoms with Gasteiger partial charge in [0, 0.05) is 25.4 Å². The summed E-state index contributed by atoms with van der Waals surface area (Å²) in [5.41, 5.74) is 0.665. The van der Waals surface area contributed by atoms with E-state index in [0.717, 1.165) is 12.8 Å². The predicted molar refractivity (Wildman–Crippen MR) is 174 cm³/mol. The summed E-state index contributed by atoms with van der Waals surface area (Å²) >= 11 is 0. The Morgan fingerprint density at radius 3 is 2.00 bits per heavy atom. The molecule has 1 aliphatic heterocycles. The number of quaternary nitrogens is 1. The molecular formula is C33H64N5O4+. The van der Waals surface area contributed by atoms with E-state index < -0.39 is 5.97 Å². The van der Waals surface area contributed by atoms with Crippen LogP contribution >= 0.6 is 0 Å². The van der Waals surface area contributed by atoms with Gasteiger partial charge in [0.1, 0.15) is 6.61 Å². The van der Waals surface area contributed by atoms with Crippen LogP contribution in [0, 0.1) is 0 Å². The molecule has 244 valence electrons. The number of nitrogens with one attached hydrogen (secondary N) is 3. The molecule has 9 nitrogen and oxygen atoms in total. The lowest BCUT2D eigenvalue weighted by Crippen LogP contribution is -2.52. The molecule has 1 unspecified atom stereocenters. The molecular weight excluding hydrogens is 530 g/mol. The SMILES string of the molecule is CC.CCCCCCCCCCCCCCNC(=O)NC(CC(=O)OCCNC(=O)C1=CN(C)C=CC1)C[N+](C)(C)C. The Kier molecular flexibility index (Phi) is 23.5. The summed E-state index contributed by atoms with van der Waals surface area (Å²) in [6, 6.07) is -0.597. The number of rotatable bonds is 22. The van der Waals surface area contributed by atoms with Crippen LogP contribution in [0.25, 0.3) is 0 Å². The number of allylic oxidation sites excluding steroid dienone is 1. The minimum absolute atomic E-state index is 0.0796. The van der Waals surface area contributed by atoms with Crippen molar-refractivity contribution in [3.63, 3.8) is 0 Å². The molecule has 1 rings (SSSR count). The highest BCUT2D eigenvalue weighted by atomic mass is 16.5. The average molecular weight is 595 g/mol. The molecule has 0 fully saturated rings. The van der Waals surface area contributed by atoms with E-state index in [1.807, 2.05) is 59.2 Å². The van der Waals surface area contributed by atoms with Crippen LogP contribution in [-0.2, 0) is 14.3 Å². The number of likely N-dealkylation sites (N-methyl/N-ethyl adjacent to an activating group) is 1. The van der Waals surface area contributed by atoms with Crippen LogP contribution in [0.2, 0.25) is 0 Å². The van der Waals surface area contributed by atoms with Crippen LogP contribution in [0.4, 0.5) is 4.79 Å². The van der Waals surface area contributed by atoms with Crippen LogP contribution in [-0.4, -0.2) is 87.8 Å². The number of ether oxygens (including phenoxy) is 1. The number of hydrogen-bond donors (Lipinski definition) is 3. The Balaban J connectivity index is 0.00000821. The van der Waals surface area contributed by atoms with E-state index in [9.17, 15) is 14.4 Å². The number of amides is 3. The van der Waals surface area contributed by atoms with Crippen LogP contribution in [0.3, 0.4) is 0 Å². The molecule has 1 atom stereocenters. The lowest BCUT2D eigenvalue weighted by atomic mass is 10.1. The largest absolute Gasteiger partial charge is 0.464 e. The van der Waals surface area contributed by atoms with Crippen molar-refractivity contribution in [2.75, 3.05) is 54.4 Å². The summed E-state index contributed by atoms with van der Waals surface area (Å²) in [5.74, 6) is -0.560. The van der Waals surface area contributed by atoms with E-state index in [1.165, 1.54) is 64.2 Å². The van der Waals surface area contributed by atoms with Crippen molar-refractivity contribution in [3.8, 4) is 0 Å². The van der Waals surface area contributed by atoms with Crippen molar-refractivity contribution in [1.29, 1.82) is 0 Å². The van der Waals surface area contributed by atoms with Gasteiger partial charge >= 0.3 is 12.0 Å². The Labute approximate surface area is 257 Å². The van der Waals surface area contributed by atoms with Gasteiger partial charge in [0.2, 0.25) is 5.91 Å². The predicted octanol–water partition coefficient (Wildman–Crippen LogP) is 5.87. The molecule has 0 aliphatic carbocycles. The molecule has 42 heavy (non-hydrogen) atoms. The van der Waals surface area contributed by atoms with E-state index in [2.05, 4.69) is 22.9 Å². The third-order valence-corrected chi connectivity index (χ3v) is 6.81. The number of carbonyl (C=O) groups is 3. The maximum Gasteiger partial charge on any atom is 0.315 e. The molecule has 0 aromatic rings. The summed E-state index contributed by atoms with van der Waals surface area (Å²) in [6.07, 6.45) is 21.6. The van der Waals surface area contributed by atoms with Gasteiger partial charge in [0.25, 0.3) is 0 Å². The van der Waals surface area contributed by atoms with Gasteiger partial charge in [-0.25, -0.2) is 4.79 Å². The first-order valence-corrected chi connectivity index (χ1v) is 16.5. The van der Waals surface area contributed by atoms with Crippen LogP contribution in [0.15, 0.2) is 24.0 Å². The zero-order chi connectivity index (χ0) is 31.6. The summed E-state index contributed by atoms with van der Waals surface area (Å²) in [6.45, 7) is 7.80. The van der Waals surface area contributed by atoms with Crippen molar-refractivity contribution in [3.05, 3.63) is 24.0 Å². The molecule has 0 radical (unpaired) electrons. The fourth-order valence-electron chi connectivity index (χ4n) is 4.77. The molecule has 0 aromatic heterocycles. The first-order chi connectivity index (χ1) is 20.1. The smallest absolute Gasteiger partial charge is 0.315 e. The average Bonchev–Trinajstić information content (AvgIpc) is 2.93. The van der Waals surface area contributed by atoms with Crippen molar-refractivity contribution in [1.82, 2.24) is 20.9 Å². The van der Waals surface area contributed by atoms with Crippen molar-refractivity contribution >= 4 is 17.9 Å². The molecule has 9 heteroatoms. The van der Waals surface area contributed by atoms with Crippen LogP contribution < -0.4 is 16.0 Å². The quantitative estimate of drug-likeness (QED) is 0.0827. The highest BCUT2D eigenvalue weighted by Gasteiger charge is 2.24. The molecule has 1 heterocycles. The van der Waals surface area contributed by atoms with E-state index in [4.69, 9.17) is 4.74 Å². The highest BCUT2D eigenvalue weighted by molar-refractivity contribution is 5.93. The third-order valence-electron chi connectivity index (χ3n) is 6.81. The number of esters is 1. The fourth-order valence-corrected chi connectivity index (χ4v) is 4.77. The summed E-state index contributed by atoms with van der Waals surface area (Å²) in [5, 5.41) is 8.67. The van der Waals surface area contributed by atoms with Gasteiger partial charge in [-0.05, 0) is 19.0 Å². The second-order valence-corrected chi connectivity index (χ2v) is 12.0. The lowest BCUT2D eigenvalue weighted by molar-refractivity contribution is -0.871. The number of hydrogen-bond acceptors (Lipinski definition) is 5. The number of unbranched alkanes of at least 4 members (excludes halogenated alkanes) is 11. The molecule has 0 saturated carbocycles. The van der Waals surface area contributed by atoms with Crippen molar-refractivity contribution < 1.29 is 23.6 Å². The summed E-state index contributed by atoms with van der Waals surface area (Å²) in [7, 11) is 7.93. The van der Waals surface area contributed by atoms with Gasteiger partial charge in [-0.15, -0.1) is 0 Å². The second kappa shape index (κ2) is 25.0. The maximum atomic E-state index is 12.5. The Morgan fingerprint density at radius 1 is 0.881 bits per heavy atom. The number of carbonyl (C=O) groups excluding carboxylic acids is 3. The van der Waals surface area contributed by atoms with Crippen LogP contribution in [0.5, 0.6) is 0 Å². The van der Waals surface area contributed by atoms with E-state index in [1.54, 1.807) is 6.20 Å². The van der Waals surface area contributed by atoms with Gasteiger partial charge in [-0.3, -0.25) is 9.59 Å². The molecule has 0 bridgehead atoms. The first kappa shape index (κ1) is 39.5.